The standard InChI is InChI=1S/C29H32N4O3/c1-20-4-2-3-5-24(20)17-30-29(36)26-18-33-19-32(15-14-27(33)31-26)25-12-10-23(11-13-25)22-8-6-21(7-9-22)16-28(34)35/h2-5,10-15,18,21-22H,6-9,16-17,19H2,1H3,(H,30,36)(H,34,35)/p+1. The van der Waals surface area contributed by atoms with Crippen molar-refractivity contribution >= 4 is 23.4 Å². The molecule has 0 radical (unpaired) electrons. The number of carboxylic acid groups (broad SMARTS) is 1. The predicted molar refractivity (Wildman–Crippen MR) is 139 cm³/mol. The SMILES string of the molecule is Cc1ccccc1CNC(=O)C1=C[NH+]2CN(c3ccc(C4CCC(CC(=O)O)CC4)cc3)C=CC2=N1. The Morgan fingerprint density at radius 1 is 1.08 bits per heavy atom. The second-order valence-corrected chi connectivity index (χ2v) is 10.0. The molecule has 1 unspecified atom stereocenters. The number of aliphatic imine (C=N–C) groups is 1. The number of fused-ring (bicyclic) bond motifs is 1. The van der Waals surface area contributed by atoms with Crippen LogP contribution in [0.3, 0.4) is 0 Å². The minimum atomic E-state index is -0.685. The summed E-state index contributed by atoms with van der Waals surface area (Å²) in [5.41, 5.74) is 5.14. The molecule has 0 spiro atoms. The first-order chi connectivity index (χ1) is 17.5. The second-order valence-electron chi connectivity index (χ2n) is 10.0. The highest BCUT2D eigenvalue weighted by Gasteiger charge is 2.30. The smallest absolute Gasteiger partial charge is 0.303 e. The van der Waals surface area contributed by atoms with E-state index in [9.17, 15) is 9.59 Å². The van der Waals surface area contributed by atoms with Gasteiger partial charge in [0, 0.05) is 30.9 Å². The molecule has 1 aliphatic carbocycles. The number of rotatable bonds is 7. The Balaban J connectivity index is 1.17. The summed E-state index contributed by atoms with van der Waals surface area (Å²) >= 11 is 0. The quantitative estimate of drug-likeness (QED) is 0.561. The Kier molecular flexibility index (Phi) is 7.00. The van der Waals surface area contributed by atoms with Crippen molar-refractivity contribution in [2.75, 3.05) is 11.6 Å². The van der Waals surface area contributed by atoms with Gasteiger partial charge in [-0.15, -0.1) is 0 Å². The van der Waals surface area contributed by atoms with Gasteiger partial charge in [0.2, 0.25) is 5.84 Å². The van der Waals surface area contributed by atoms with Gasteiger partial charge in [0.1, 0.15) is 6.20 Å². The largest absolute Gasteiger partial charge is 0.481 e. The van der Waals surface area contributed by atoms with Gasteiger partial charge >= 0.3 is 5.97 Å². The zero-order chi connectivity index (χ0) is 25.1. The number of anilines is 1. The van der Waals surface area contributed by atoms with Crippen LogP contribution in [0.2, 0.25) is 0 Å². The number of amidine groups is 1. The van der Waals surface area contributed by atoms with Crippen LogP contribution in [-0.2, 0) is 16.1 Å². The Hall–Kier alpha value is -3.71. The highest BCUT2D eigenvalue weighted by Crippen LogP contribution is 2.37. The first kappa shape index (κ1) is 24.0. The number of aryl methyl sites for hydroxylation is 1. The van der Waals surface area contributed by atoms with Crippen molar-refractivity contribution in [3.8, 4) is 0 Å². The molecule has 1 atom stereocenters. The molecule has 2 aromatic rings. The van der Waals surface area contributed by atoms with Crippen molar-refractivity contribution in [2.45, 2.75) is 51.5 Å². The van der Waals surface area contributed by atoms with Crippen LogP contribution in [0.25, 0.3) is 0 Å². The summed E-state index contributed by atoms with van der Waals surface area (Å²) in [5, 5.41) is 12.0. The summed E-state index contributed by atoms with van der Waals surface area (Å²) in [6, 6.07) is 16.7. The molecule has 0 bridgehead atoms. The van der Waals surface area contributed by atoms with Gasteiger partial charge in [0.25, 0.3) is 5.91 Å². The number of carbonyl (C=O) groups is 2. The van der Waals surface area contributed by atoms with Crippen LogP contribution in [0, 0.1) is 12.8 Å². The fourth-order valence-electron chi connectivity index (χ4n) is 5.39. The van der Waals surface area contributed by atoms with Crippen molar-refractivity contribution in [1.82, 2.24) is 5.32 Å². The molecule has 1 saturated carbocycles. The lowest BCUT2D eigenvalue weighted by Crippen LogP contribution is -3.11. The normalized spacial score (nSPS) is 23.0. The summed E-state index contributed by atoms with van der Waals surface area (Å²) in [6.45, 7) is 3.20. The van der Waals surface area contributed by atoms with Crippen LogP contribution in [0.5, 0.6) is 0 Å². The van der Waals surface area contributed by atoms with Gasteiger partial charge in [-0.1, -0.05) is 36.4 Å². The summed E-state index contributed by atoms with van der Waals surface area (Å²) in [7, 11) is 0. The van der Waals surface area contributed by atoms with E-state index in [0.29, 0.717) is 37.2 Å². The Bertz CT molecular complexity index is 1220. The molecule has 3 aliphatic rings. The maximum Gasteiger partial charge on any atom is 0.303 e. The molecular formula is C29H33N4O3+. The van der Waals surface area contributed by atoms with E-state index in [-0.39, 0.29) is 5.91 Å². The maximum atomic E-state index is 12.7. The third-order valence-electron chi connectivity index (χ3n) is 7.57. The highest BCUT2D eigenvalue weighted by atomic mass is 16.4. The Morgan fingerprint density at radius 3 is 2.56 bits per heavy atom. The molecule has 7 heteroatoms. The predicted octanol–water partition coefficient (Wildman–Crippen LogP) is 3.49. The van der Waals surface area contributed by atoms with E-state index in [1.54, 1.807) is 0 Å². The van der Waals surface area contributed by atoms with Crippen molar-refractivity contribution in [3.05, 3.63) is 89.4 Å². The molecule has 0 aromatic heterocycles. The van der Waals surface area contributed by atoms with Gasteiger partial charge in [-0.2, -0.15) is 4.99 Å². The lowest BCUT2D eigenvalue weighted by molar-refractivity contribution is -0.742. The molecule has 1 amide bonds. The Labute approximate surface area is 211 Å². The van der Waals surface area contributed by atoms with Crippen LogP contribution in [0.4, 0.5) is 5.69 Å². The lowest BCUT2D eigenvalue weighted by atomic mass is 9.77. The molecule has 3 N–H and O–H groups in total. The number of amides is 1. The molecule has 186 valence electrons. The third kappa shape index (κ3) is 5.41. The number of nitrogens with zero attached hydrogens (tertiary/aromatic N) is 2. The van der Waals surface area contributed by atoms with Crippen molar-refractivity contribution in [3.63, 3.8) is 0 Å². The number of carbonyl (C=O) groups excluding carboxylic acids is 1. The molecule has 1 fully saturated rings. The van der Waals surface area contributed by atoms with E-state index in [1.807, 2.05) is 49.7 Å². The van der Waals surface area contributed by atoms with E-state index >= 15 is 0 Å². The van der Waals surface area contributed by atoms with Gasteiger partial charge < -0.3 is 10.4 Å². The third-order valence-corrected chi connectivity index (χ3v) is 7.57. The molecule has 2 aliphatic heterocycles. The number of hydrogen-bond donors (Lipinski definition) is 3. The van der Waals surface area contributed by atoms with E-state index in [1.165, 1.54) is 5.56 Å². The second kappa shape index (κ2) is 10.5. The minimum Gasteiger partial charge on any atom is -0.481 e. The van der Waals surface area contributed by atoms with Crippen LogP contribution >= 0.6 is 0 Å². The molecule has 5 rings (SSSR count). The minimum absolute atomic E-state index is 0.157. The average Bonchev–Trinajstić information content (AvgIpc) is 3.32. The van der Waals surface area contributed by atoms with Crippen LogP contribution in [0.1, 0.15) is 54.7 Å². The number of hydrogen-bond acceptors (Lipinski definition) is 4. The fourth-order valence-corrected chi connectivity index (χ4v) is 5.39. The van der Waals surface area contributed by atoms with E-state index in [4.69, 9.17) is 5.11 Å². The van der Waals surface area contributed by atoms with Gasteiger partial charge in [0.05, 0.1) is 0 Å². The highest BCUT2D eigenvalue weighted by molar-refractivity contribution is 5.99. The maximum absolute atomic E-state index is 12.7. The van der Waals surface area contributed by atoms with E-state index in [2.05, 4.69) is 39.5 Å². The average molecular weight is 486 g/mol. The van der Waals surface area contributed by atoms with E-state index in [0.717, 1.165) is 53.2 Å². The van der Waals surface area contributed by atoms with Crippen molar-refractivity contribution in [2.24, 2.45) is 10.9 Å². The van der Waals surface area contributed by atoms with Gasteiger partial charge in [-0.3, -0.25) is 14.5 Å². The monoisotopic (exact) mass is 485 g/mol. The zero-order valence-electron chi connectivity index (χ0n) is 20.6. The Morgan fingerprint density at radius 2 is 1.83 bits per heavy atom. The molecule has 36 heavy (non-hydrogen) atoms. The van der Waals surface area contributed by atoms with Crippen LogP contribution < -0.4 is 15.1 Å². The van der Waals surface area contributed by atoms with E-state index < -0.39 is 5.97 Å². The fraction of sp³-hybridized carbons (Fsp3) is 0.345. The number of quaternary nitrogens is 1. The first-order valence-electron chi connectivity index (χ1n) is 12.7. The topological polar surface area (TPSA) is 86.4 Å². The van der Waals surface area contributed by atoms with Crippen molar-refractivity contribution < 1.29 is 19.6 Å². The molecule has 2 heterocycles. The number of aliphatic carboxylic acids is 1. The molecule has 2 aromatic carbocycles. The number of nitrogens with one attached hydrogen (secondary N) is 2. The van der Waals surface area contributed by atoms with Gasteiger partial charge in [-0.05, 0) is 73.3 Å². The van der Waals surface area contributed by atoms with Gasteiger partial charge in [-0.25, -0.2) is 4.90 Å². The summed E-state index contributed by atoms with van der Waals surface area (Å²) in [5.74, 6) is 0.832. The lowest BCUT2D eigenvalue weighted by Gasteiger charge is -2.29. The first-order valence-corrected chi connectivity index (χ1v) is 12.7. The zero-order valence-corrected chi connectivity index (χ0v) is 20.6. The molecule has 7 nitrogen and oxygen atoms in total. The molecule has 0 saturated heterocycles. The van der Waals surface area contributed by atoms with Crippen LogP contribution in [0.15, 0.2) is 77.7 Å². The van der Waals surface area contributed by atoms with Crippen LogP contribution in [-0.4, -0.2) is 29.5 Å². The summed E-state index contributed by atoms with van der Waals surface area (Å²) in [4.78, 5) is 31.5. The number of carboxylic acids is 1. The molecular weight excluding hydrogens is 452 g/mol. The summed E-state index contributed by atoms with van der Waals surface area (Å²) in [6.07, 6.45) is 10.3. The van der Waals surface area contributed by atoms with Crippen molar-refractivity contribution in [1.29, 1.82) is 0 Å². The van der Waals surface area contributed by atoms with Gasteiger partial charge in [0.15, 0.2) is 12.4 Å². The number of benzene rings is 2. The summed E-state index contributed by atoms with van der Waals surface area (Å²) < 4.78 is 0.